The minimum Gasteiger partial charge on any atom is -0.399 e. The van der Waals surface area contributed by atoms with Gasteiger partial charge in [-0.25, -0.2) is 0 Å². The van der Waals surface area contributed by atoms with E-state index in [0.29, 0.717) is 17.6 Å². The lowest BCUT2D eigenvalue weighted by atomic mass is 9.91. The lowest BCUT2D eigenvalue weighted by Crippen LogP contribution is -2.51. The highest BCUT2D eigenvalue weighted by atomic mass is 16.2. The Morgan fingerprint density at radius 2 is 2.20 bits per heavy atom. The van der Waals surface area contributed by atoms with Crippen LogP contribution in [0.2, 0.25) is 0 Å². The van der Waals surface area contributed by atoms with Gasteiger partial charge in [-0.1, -0.05) is 13.0 Å². The zero-order valence-electron chi connectivity index (χ0n) is 12.6. The van der Waals surface area contributed by atoms with Crippen LogP contribution in [0.5, 0.6) is 0 Å². The first-order valence-electron chi connectivity index (χ1n) is 7.41. The van der Waals surface area contributed by atoms with E-state index < -0.39 is 0 Å². The first-order chi connectivity index (χ1) is 9.49. The Bertz CT molecular complexity index is 475. The molecular formula is C16H25N3O. The minimum atomic E-state index is -0.116. The lowest BCUT2D eigenvalue weighted by molar-refractivity contribution is -0.122. The molecule has 110 valence electrons. The molecule has 1 aromatic rings. The van der Waals surface area contributed by atoms with Gasteiger partial charge in [0.25, 0.3) is 0 Å². The van der Waals surface area contributed by atoms with Gasteiger partial charge >= 0.3 is 0 Å². The molecule has 1 amide bonds. The number of likely N-dealkylation sites (tertiary alicyclic amines) is 1. The average molecular weight is 275 g/mol. The predicted octanol–water partition coefficient (Wildman–Crippen LogP) is 2.72. The summed E-state index contributed by atoms with van der Waals surface area (Å²) >= 11 is 0. The van der Waals surface area contributed by atoms with E-state index in [4.69, 9.17) is 5.73 Å². The molecule has 3 unspecified atom stereocenters. The largest absolute Gasteiger partial charge is 0.399 e. The van der Waals surface area contributed by atoms with Gasteiger partial charge in [-0.05, 0) is 57.4 Å². The number of anilines is 2. The number of nitrogens with one attached hydrogen (secondary N) is 1. The number of rotatable bonds is 3. The number of carbonyl (C=O) groups excluding carboxylic acids is 1. The zero-order chi connectivity index (χ0) is 14.7. The fourth-order valence-electron chi connectivity index (χ4n) is 2.93. The number of hydrogen-bond donors (Lipinski definition) is 2. The van der Waals surface area contributed by atoms with Gasteiger partial charge in [-0.15, -0.1) is 0 Å². The Hall–Kier alpha value is -1.55. The fraction of sp³-hybridized carbons (Fsp3) is 0.562. The van der Waals surface area contributed by atoms with Gasteiger partial charge in [-0.2, -0.15) is 0 Å². The maximum atomic E-state index is 12.4. The van der Waals surface area contributed by atoms with E-state index in [1.807, 2.05) is 25.1 Å². The summed E-state index contributed by atoms with van der Waals surface area (Å²) in [5.41, 5.74) is 7.16. The van der Waals surface area contributed by atoms with E-state index in [1.165, 1.54) is 12.8 Å². The molecule has 3 N–H and O–H groups in total. The summed E-state index contributed by atoms with van der Waals surface area (Å²) in [5.74, 6) is 0.683. The van der Waals surface area contributed by atoms with Gasteiger partial charge in [0, 0.05) is 17.4 Å². The van der Waals surface area contributed by atoms with E-state index >= 15 is 0 Å². The van der Waals surface area contributed by atoms with Crippen molar-refractivity contribution in [2.24, 2.45) is 5.92 Å². The van der Waals surface area contributed by atoms with Crippen molar-refractivity contribution in [1.82, 2.24) is 4.90 Å². The van der Waals surface area contributed by atoms with Crippen LogP contribution in [0, 0.1) is 5.92 Å². The number of amides is 1. The highest BCUT2D eigenvalue weighted by Gasteiger charge is 2.31. The summed E-state index contributed by atoms with van der Waals surface area (Å²) in [4.78, 5) is 14.7. The third-order valence-electron chi connectivity index (χ3n) is 4.45. The number of carbonyl (C=O) groups is 1. The van der Waals surface area contributed by atoms with Crippen molar-refractivity contribution in [2.75, 3.05) is 17.6 Å². The molecule has 0 radical (unpaired) electrons. The van der Waals surface area contributed by atoms with Gasteiger partial charge in [0.1, 0.15) is 0 Å². The SMILES string of the molecule is CC1CCCN(C(C)C(=O)Nc2cccc(N)c2)C1C. The van der Waals surface area contributed by atoms with Crippen molar-refractivity contribution in [2.45, 2.75) is 45.7 Å². The van der Waals surface area contributed by atoms with Crippen molar-refractivity contribution < 1.29 is 4.79 Å². The first kappa shape index (κ1) is 14.9. The molecular weight excluding hydrogens is 250 g/mol. The molecule has 0 aliphatic carbocycles. The normalized spacial score (nSPS) is 25.1. The molecule has 4 nitrogen and oxygen atoms in total. The summed E-state index contributed by atoms with van der Waals surface area (Å²) in [7, 11) is 0. The molecule has 1 heterocycles. The fourth-order valence-corrected chi connectivity index (χ4v) is 2.93. The summed E-state index contributed by atoms with van der Waals surface area (Å²) < 4.78 is 0. The van der Waals surface area contributed by atoms with Gasteiger partial charge in [0.2, 0.25) is 5.91 Å². The van der Waals surface area contributed by atoms with Gasteiger partial charge in [0.05, 0.1) is 6.04 Å². The number of nitrogen functional groups attached to an aromatic ring is 1. The number of nitrogens with two attached hydrogens (primary N) is 1. The molecule has 1 aromatic carbocycles. The van der Waals surface area contributed by atoms with Crippen molar-refractivity contribution >= 4 is 17.3 Å². The Morgan fingerprint density at radius 3 is 2.90 bits per heavy atom. The van der Waals surface area contributed by atoms with Gasteiger partial charge < -0.3 is 11.1 Å². The molecule has 0 aromatic heterocycles. The molecule has 1 fully saturated rings. The minimum absolute atomic E-state index is 0.0385. The van der Waals surface area contributed by atoms with Crippen LogP contribution in [0.1, 0.15) is 33.6 Å². The third-order valence-corrected chi connectivity index (χ3v) is 4.45. The van der Waals surface area contributed by atoms with Crippen LogP contribution in [0.4, 0.5) is 11.4 Å². The molecule has 1 saturated heterocycles. The van der Waals surface area contributed by atoms with E-state index in [-0.39, 0.29) is 11.9 Å². The summed E-state index contributed by atoms with van der Waals surface area (Å²) in [6.45, 7) is 7.46. The zero-order valence-corrected chi connectivity index (χ0v) is 12.6. The number of benzene rings is 1. The monoisotopic (exact) mass is 275 g/mol. The van der Waals surface area contributed by atoms with E-state index in [1.54, 1.807) is 6.07 Å². The van der Waals surface area contributed by atoms with Crippen LogP contribution in [0.3, 0.4) is 0 Å². The number of nitrogens with zero attached hydrogens (tertiary/aromatic N) is 1. The highest BCUT2D eigenvalue weighted by Crippen LogP contribution is 2.25. The lowest BCUT2D eigenvalue weighted by Gasteiger charge is -2.41. The average Bonchev–Trinajstić information content (AvgIpc) is 2.41. The summed E-state index contributed by atoms with van der Waals surface area (Å²) in [6.07, 6.45) is 2.42. The van der Waals surface area contributed by atoms with Crippen molar-refractivity contribution in [3.05, 3.63) is 24.3 Å². The van der Waals surface area contributed by atoms with Gasteiger partial charge in [0.15, 0.2) is 0 Å². The molecule has 0 bridgehead atoms. The van der Waals surface area contributed by atoms with Crippen LogP contribution in [0.25, 0.3) is 0 Å². The van der Waals surface area contributed by atoms with Crippen LogP contribution in [-0.2, 0) is 4.79 Å². The molecule has 1 aliphatic heterocycles. The van der Waals surface area contributed by atoms with Gasteiger partial charge in [-0.3, -0.25) is 9.69 Å². The summed E-state index contributed by atoms with van der Waals surface area (Å²) in [5, 5.41) is 2.95. The smallest absolute Gasteiger partial charge is 0.241 e. The molecule has 1 aliphatic rings. The van der Waals surface area contributed by atoms with Crippen LogP contribution in [0.15, 0.2) is 24.3 Å². The van der Waals surface area contributed by atoms with Crippen molar-refractivity contribution in [3.8, 4) is 0 Å². The topological polar surface area (TPSA) is 58.4 Å². The maximum Gasteiger partial charge on any atom is 0.241 e. The quantitative estimate of drug-likeness (QED) is 0.834. The van der Waals surface area contributed by atoms with E-state index in [2.05, 4.69) is 24.1 Å². The van der Waals surface area contributed by atoms with Crippen molar-refractivity contribution in [1.29, 1.82) is 0 Å². The van der Waals surface area contributed by atoms with E-state index in [0.717, 1.165) is 12.2 Å². The third kappa shape index (κ3) is 3.31. The second kappa shape index (κ2) is 6.27. The Morgan fingerprint density at radius 1 is 1.45 bits per heavy atom. The van der Waals surface area contributed by atoms with Crippen LogP contribution in [-0.4, -0.2) is 29.4 Å². The maximum absolute atomic E-state index is 12.4. The molecule has 0 saturated carbocycles. The Balaban J connectivity index is 2.01. The highest BCUT2D eigenvalue weighted by molar-refractivity contribution is 5.94. The molecule has 4 heteroatoms. The van der Waals surface area contributed by atoms with Crippen LogP contribution >= 0.6 is 0 Å². The number of piperidine rings is 1. The second-order valence-corrected chi connectivity index (χ2v) is 5.89. The molecule has 0 spiro atoms. The van der Waals surface area contributed by atoms with Crippen LogP contribution < -0.4 is 11.1 Å². The second-order valence-electron chi connectivity index (χ2n) is 5.89. The predicted molar refractivity (Wildman–Crippen MR) is 83.5 cm³/mol. The molecule has 2 rings (SSSR count). The van der Waals surface area contributed by atoms with Crippen molar-refractivity contribution in [3.63, 3.8) is 0 Å². The number of hydrogen-bond acceptors (Lipinski definition) is 3. The Labute approximate surface area is 121 Å². The first-order valence-corrected chi connectivity index (χ1v) is 7.41. The molecule has 20 heavy (non-hydrogen) atoms. The molecule has 3 atom stereocenters. The Kier molecular flexibility index (Phi) is 4.65. The van der Waals surface area contributed by atoms with E-state index in [9.17, 15) is 4.79 Å². The standard InChI is InChI=1S/C16H25N3O/c1-11-6-5-9-19(12(11)2)13(3)16(20)18-15-8-4-7-14(17)10-15/h4,7-8,10-13H,5-6,9,17H2,1-3H3,(H,18,20). The summed E-state index contributed by atoms with van der Waals surface area (Å²) in [6, 6.07) is 7.64.